The van der Waals surface area contributed by atoms with Crippen LogP contribution in [0.3, 0.4) is 0 Å². The fraction of sp³-hybridized carbons (Fsp3) is 0.529. The van der Waals surface area contributed by atoms with E-state index < -0.39 is 0 Å². The molecule has 0 aliphatic heterocycles. The third kappa shape index (κ3) is 2.42. The number of aryl methyl sites for hydroxylation is 1. The average molecular weight is 272 g/mol. The van der Waals surface area contributed by atoms with Crippen molar-refractivity contribution in [1.29, 1.82) is 0 Å². The molecule has 1 aliphatic carbocycles. The lowest BCUT2D eigenvalue weighted by Crippen LogP contribution is -2.20. The summed E-state index contributed by atoms with van der Waals surface area (Å²) in [6.45, 7) is 5.95. The van der Waals surface area contributed by atoms with Crippen LogP contribution in [0.1, 0.15) is 50.4 Å². The highest BCUT2D eigenvalue weighted by molar-refractivity contribution is 5.86. The van der Waals surface area contributed by atoms with Crippen LogP contribution >= 0.6 is 0 Å². The number of nitrogens with one attached hydrogen (secondary N) is 2. The fourth-order valence-electron chi connectivity index (χ4n) is 3.34. The van der Waals surface area contributed by atoms with E-state index >= 15 is 0 Å². The maximum atomic E-state index is 5.67. The molecule has 0 saturated heterocycles. The quantitative estimate of drug-likeness (QED) is 0.827. The van der Waals surface area contributed by atoms with Crippen LogP contribution in [0.5, 0.6) is 5.75 Å². The van der Waals surface area contributed by atoms with Crippen molar-refractivity contribution in [2.75, 3.05) is 13.2 Å². The Hall–Kier alpha value is -1.48. The predicted octanol–water partition coefficient (Wildman–Crippen LogP) is 3.94. The van der Waals surface area contributed by atoms with Crippen LogP contribution in [-0.2, 0) is 6.42 Å². The molecule has 20 heavy (non-hydrogen) atoms. The van der Waals surface area contributed by atoms with Crippen molar-refractivity contribution >= 4 is 10.9 Å². The van der Waals surface area contributed by atoms with Crippen LogP contribution < -0.4 is 10.1 Å². The van der Waals surface area contributed by atoms with Crippen LogP contribution in [0.4, 0.5) is 0 Å². The number of ether oxygens (including phenoxy) is 1. The van der Waals surface area contributed by atoms with Gasteiger partial charge in [-0.2, -0.15) is 0 Å². The first-order chi connectivity index (χ1) is 9.83. The number of aromatic amines is 1. The third-order valence-corrected chi connectivity index (χ3v) is 4.17. The van der Waals surface area contributed by atoms with Crippen molar-refractivity contribution < 1.29 is 4.74 Å². The summed E-state index contributed by atoms with van der Waals surface area (Å²) in [7, 11) is 0. The zero-order valence-corrected chi connectivity index (χ0v) is 12.5. The second-order valence-corrected chi connectivity index (χ2v) is 5.51. The number of rotatable bonds is 4. The van der Waals surface area contributed by atoms with Crippen LogP contribution in [0.25, 0.3) is 10.9 Å². The van der Waals surface area contributed by atoms with Gasteiger partial charge in [-0.25, -0.2) is 0 Å². The number of fused-ring (bicyclic) bond motifs is 3. The summed E-state index contributed by atoms with van der Waals surface area (Å²) in [4.78, 5) is 3.62. The molecule has 0 amide bonds. The lowest BCUT2D eigenvalue weighted by molar-refractivity contribution is 0.340. The van der Waals surface area contributed by atoms with Gasteiger partial charge in [0.15, 0.2) is 0 Å². The number of H-pyrrole nitrogens is 1. The Bertz CT molecular complexity index is 588. The molecule has 0 spiro atoms. The Morgan fingerprint density at radius 2 is 2.20 bits per heavy atom. The van der Waals surface area contributed by atoms with Crippen LogP contribution in [0, 0.1) is 0 Å². The van der Waals surface area contributed by atoms with E-state index in [1.807, 2.05) is 6.92 Å². The Labute approximate surface area is 120 Å². The van der Waals surface area contributed by atoms with Gasteiger partial charge in [-0.15, -0.1) is 0 Å². The summed E-state index contributed by atoms with van der Waals surface area (Å²) in [5.41, 5.74) is 4.13. The minimum Gasteiger partial charge on any atom is -0.494 e. The Morgan fingerprint density at radius 3 is 3.00 bits per heavy atom. The van der Waals surface area contributed by atoms with Crippen molar-refractivity contribution in [2.45, 2.75) is 45.6 Å². The molecule has 1 heterocycles. The summed E-state index contributed by atoms with van der Waals surface area (Å²) in [6, 6.07) is 6.88. The van der Waals surface area contributed by atoms with E-state index in [-0.39, 0.29) is 0 Å². The number of benzene rings is 1. The van der Waals surface area contributed by atoms with Crippen molar-refractivity contribution in [3.63, 3.8) is 0 Å². The summed E-state index contributed by atoms with van der Waals surface area (Å²) in [6.07, 6.45) is 4.97. The van der Waals surface area contributed by atoms with Gasteiger partial charge in [0.1, 0.15) is 5.75 Å². The maximum Gasteiger partial charge on any atom is 0.120 e. The summed E-state index contributed by atoms with van der Waals surface area (Å²) >= 11 is 0. The van der Waals surface area contributed by atoms with Crippen LogP contribution in [0.2, 0.25) is 0 Å². The highest BCUT2D eigenvalue weighted by Gasteiger charge is 2.22. The van der Waals surface area contributed by atoms with Gasteiger partial charge in [-0.1, -0.05) is 13.3 Å². The molecule has 1 aliphatic rings. The molecule has 2 N–H and O–H groups in total. The predicted molar refractivity (Wildman–Crippen MR) is 83.4 cm³/mol. The standard InChI is InChI=1S/C17H24N2O/c1-3-18-15-7-5-6-8-16-17(15)13-11-12(20-4-2)9-10-14(13)19-16/h9-11,15,18-19H,3-8H2,1-2H3. The van der Waals surface area contributed by atoms with Crippen molar-refractivity contribution in [1.82, 2.24) is 10.3 Å². The minimum absolute atomic E-state index is 0.475. The van der Waals surface area contributed by atoms with Crippen LogP contribution in [0.15, 0.2) is 18.2 Å². The van der Waals surface area contributed by atoms with E-state index in [1.54, 1.807) is 0 Å². The summed E-state index contributed by atoms with van der Waals surface area (Å²) < 4.78 is 5.67. The first-order valence-corrected chi connectivity index (χ1v) is 7.84. The molecule has 1 aromatic heterocycles. The first kappa shape index (κ1) is 13.5. The highest BCUT2D eigenvalue weighted by atomic mass is 16.5. The first-order valence-electron chi connectivity index (χ1n) is 7.84. The second kappa shape index (κ2) is 5.88. The third-order valence-electron chi connectivity index (χ3n) is 4.17. The SMILES string of the molecule is CCNC1CCCCc2[nH]c3ccc(OCC)cc3c21. The lowest BCUT2D eigenvalue weighted by atomic mass is 10.0. The van der Waals surface area contributed by atoms with E-state index in [0.29, 0.717) is 6.04 Å². The normalized spacial score (nSPS) is 18.8. The summed E-state index contributed by atoms with van der Waals surface area (Å²) in [5.74, 6) is 0.973. The van der Waals surface area contributed by atoms with Gasteiger partial charge in [0.25, 0.3) is 0 Å². The molecule has 3 nitrogen and oxygen atoms in total. The Balaban J connectivity index is 2.10. The van der Waals surface area contributed by atoms with Gasteiger partial charge < -0.3 is 15.0 Å². The largest absolute Gasteiger partial charge is 0.494 e. The van der Waals surface area contributed by atoms with Crippen molar-refractivity contribution in [3.8, 4) is 5.75 Å². The number of aromatic nitrogens is 1. The van der Waals surface area contributed by atoms with Gasteiger partial charge in [0.2, 0.25) is 0 Å². The monoisotopic (exact) mass is 272 g/mol. The van der Waals surface area contributed by atoms with Crippen LogP contribution in [-0.4, -0.2) is 18.1 Å². The zero-order chi connectivity index (χ0) is 13.9. The molecule has 0 bridgehead atoms. The van der Waals surface area contributed by atoms with Crippen molar-refractivity contribution in [2.24, 2.45) is 0 Å². The van der Waals surface area contributed by atoms with Gasteiger partial charge in [-0.3, -0.25) is 0 Å². The van der Waals surface area contributed by atoms with E-state index in [1.165, 1.54) is 41.4 Å². The fourth-order valence-corrected chi connectivity index (χ4v) is 3.34. The lowest BCUT2D eigenvalue weighted by Gasteiger charge is -2.17. The highest BCUT2D eigenvalue weighted by Crippen LogP contribution is 2.36. The molecule has 0 radical (unpaired) electrons. The number of hydrogen-bond acceptors (Lipinski definition) is 2. The Morgan fingerprint density at radius 1 is 1.30 bits per heavy atom. The van der Waals surface area contributed by atoms with E-state index in [9.17, 15) is 0 Å². The molecule has 3 heteroatoms. The van der Waals surface area contributed by atoms with E-state index in [2.05, 4.69) is 35.4 Å². The van der Waals surface area contributed by atoms with E-state index in [4.69, 9.17) is 4.74 Å². The second-order valence-electron chi connectivity index (χ2n) is 5.51. The molecule has 2 aromatic rings. The molecule has 1 unspecified atom stereocenters. The molecule has 1 aromatic carbocycles. The van der Waals surface area contributed by atoms with Gasteiger partial charge in [-0.05, 0) is 56.5 Å². The zero-order valence-electron chi connectivity index (χ0n) is 12.5. The molecular formula is C17H24N2O. The van der Waals surface area contributed by atoms with Gasteiger partial charge in [0, 0.05) is 22.6 Å². The molecule has 1 atom stereocenters. The molecular weight excluding hydrogens is 248 g/mol. The molecule has 0 saturated carbocycles. The van der Waals surface area contributed by atoms with Gasteiger partial charge >= 0.3 is 0 Å². The minimum atomic E-state index is 0.475. The maximum absolute atomic E-state index is 5.67. The van der Waals surface area contributed by atoms with Crippen molar-refractivity contribution in [3.05, 3.63) is 29.5 Å². The Kier molecular flexibility index (Phi) is 3.97. The van der Waals surface area contributed by atoms with Gasteiger partial charge in [0.05, 0.1) is 6.61 Å². The van der Waals surface area contributed by atoms with E-state index in [0.717, 1.165) is 25.3 Å². The topological polar surface area (TPSA) is 37.0 Å². The molecule has 3 rings (SSSR count). The molecule has 108 valence electrons. The average Bonchev–Trinajstić information content (AvgIpc) is 2.68. The smallest absolute Gasteiger partial charge is 0.120 e. The number of hydrogen-bond donors (Lipinski definition) is 2. The molecule has 0 fully saturated rings. The summed E-state index contributed by atoms with van der Waals surface area (Å²) in [5, 5.41) is 4.98.